The van der Waals surface area contributed by atoms with Gasteiger partial charge in [-0.1, -0.05) is 57.6 Å². The van der Waals surface area contributed by atoms with E-state index in [1.54, 1.807) is 0 Å². The molecule has 0 radical (unpaired) electrons. The fourth-order valence-electron chi connectivity index (χ4n) is 1.98. The lowest BCUT2D eigenvalue weighted by Gasteiger charge is -2.11. The largest absolute Gasteiger partial charge is 0.103 e. The number of hydrogen-bond acceptors (Lipinski definition) is 0. The van der Waals surface area contributed by atoms with Gasteiger partial charge in [0.15, 0.2) is 0 Å². The lowest BCUT2D eigenvalue weighted by Crippen LogP contribution is -1.96. The summed E-state index contributed by atoms with van der Waals surface area (Å²) < 4.78 is 0. The molecular formula is C15H28. The summed E-state index contributed by atoms with van der Waals surface area (Å²) in [6.07, 6.45) is 16.1. The molecule has 15 heavy (non-hydrogen) atoms. The minimum absolute atomic E-state index is 0.885. The SMILES string of the molecule is C=CCCCCCCCC(CC)CC=C. The van der Waals surface area contributed by atoms with Gasteiger partial charge in [-0.05, 0) is 25.2 Å². The van der Waals surface area contributed by atoms with Crippen molar-refractivity contribution in [3.63, 3.8) is 0 Å². The maximum atomic E-state index is 3.82. The molecule has 0 aliphatic rings. The van der Waals surface area contributed by atoms with Crippen LogP contribution in [0.3, 0.4) is 0 Å². The smallest absolute Gasteiger partial charge is 0.0325 e. The number of rotatable bonds is 11. The van der Waals surface area contributed by atoms with E-state index in [0.29, 0.717) is 0 Å². The molecule has 0 amide bonds. The van der Waals surface area contributed by atoms with Crippen LogP contribution in [0.1, 0.15) is 64.7 Å². The van der Waals surface area contributed by atoms with Gasteiger partial charge in [0.1, 0.15) is 0 Å². The average Bonchev–Trinajstić information content (AvgIpc) is 2.26. The zero-order valence-corrected chi connectivity index (χ0v) is 10.5. The minimum atomic E-state index is 0.885. The van der Waals surface area contributed by atoms with Crippen molar-refractivity contribution >= 4 is 0 Å². The molecule has 0 heteroatoms. The highest BCUT2D eigenvalue weighted by molar-refractivity contribution is 4.72. The van der Waals surface area contributed by atoms with Gasteiger partial charge in [0.2, 0.25) is 0 Å². The summed E-state index contributed by atoms with van der Waals surface area (Å²) in [6, 6.07) is 0. The third kappa shape index (κ3) is 9.78. The van der Waals surface area contributed by atoms with Crippen molar-refractivity contribution in [2.24, 2.45) is 5.92 Å². The summed E-state index contributed by atoms with van der Waals surface area (Å²) >= 11 is 0. The summed E-state index contributed by atoms with van der Waals surface area (Å²) in [5, 5.41) is 0. The Balaban J connectivity index is 3.20. The first-order valence-electron chi connectivity index (χ1n) is 6.56. The molecule has 1 atom stereocenters. The lowest BCUT2D eigenvalue weighted by atomic mass is 9.95. The van der Waals surface area contributed by atoms with Crippen LogP contribution in [-0.2, 0) is 0 Å². The van der Waals surface area contributed by atoms with Gasteiger partial charge in [-0.25, -0.2) is 0 Å². The van der Waals surface area contributed by atoms with Crippen LogP contribution in [0.25, 0.3) is 0 Å². The Morgan fingerprint density at radius 3 is 2.20 bits per heavy atom. The van der Waals surface area contributed by atoms with Crippen molar-refractivity contribution < 1.29 is 0 Å². The van der Waals surface area contributed by atoms with Crippen LogP contribution in [0.15, 0.2) is 25.3 Å². The second-order valence-corrected chi connectivity index (χ2v) is 4.43. The zero-order valence-electron chi connectivity index (χ0n) is 10.5. The van der Waals surface area contributed by atoms with Crippen LogP contribution in [0.4, 0.5) is 0 Å². The Labute approximate surface area is 96.5 Å². The van der Waals surface area contributed by atoms with Gasteiger partial charge in [-0.3, -0.25) is 0 Å². The summed E-state index contributed by atoms with van der Waals surface area (Å²) in [5.74, 6) is 0.885. The van der Waals surface area contributed by atoms with E-state index in [0.717, 1.165) is 5.92 Å². The predicted molar refractivity (Wildman–Crippen MR) is 71.1 cm³/mol. The van der Waals surface area contributed by atoms with E-state index in [4.69, 9.17) is 0 Å². The number of hydrogen-bond donors (Lipinski definition) is 0. The summed E-state index contributed by atoms with van der Waals surface area (Å²) in [5.41, 5.74) is 0. The molecule has 0 nitrogen and oxygen atoms in total. The molecule has 1 unspecified atom stereocenters. The molecule has 0 aromatic heterocycles. The first-order valence-corrected chi connectivity index (χ1v) is 6.56. The third-order valence-electron chi connectivity index (χ3n) is 3.10. The van der Waals surface area contributed by atoms with Crippen molar-refractivity contribution in [1.82, 2.24) is 0 Å². The first-order chi connectivity index (χ1) is 7.35. The van der Waals surface area contributed by atoms with Crippen molar-refractivity contribution in [3.05, 3.63) is 25.3 Å². The van der Waals surface area contributed by atoms with Crippen molar-refractivity contribution in [2.45, 2.75) is 64.7 Å². The fourth-order valence-corrected chi connectivity index (χ4v) is 1.98. The molecule has 0 bridgehead atoms. The Kier molecular flexibility index (Phi) is 11.2. The van der Waals surface area contributed by atoms with Crippen LogP contribution in [0, 0.1) is 5.92 Å². The van der Waals surface area contributed by atoms with E-state index < -0.39 is 0 Å². The lowest BCUT2D eigenvalue weighted by molar-refractivity contribution is 0.443. The third-order valence-corrected chi connectivity index (χ3v) is 3.10. The molecule has 0 saturated heterocycles. The van der Waals surface area contributed by atoms with E-state index in [9.17, 15) is 0 Å². The topological polar surface area (TPSA) is 0 Å². The van der Waals surface area contributed by atoms with Gasteiger partial charge in [0, 0.05) is 0 Å². The van der Waals surface area contributed by atoms with E-state index in [1.807, 2.05) is 6.08 Å². The second kappa shape index (κ2) is 11.6. The Hall–Kier alpha value is -0.520. The quantitative estimate of drug-likeness (QED) is 0.310. The Morgan fingerprint density at radius 1 is 0.933 bits per heavy atom. The normalized spacial score (nSPS) is 12.3. The van der Waals surface area contributed by atoms with E-state index in [2.05, 4.69) is 26.2 Å². The van der Waals surface area contributed by atoms with Crippen molar-refractivity contribution in [3.8, 4) is 0 Å². The predicted octanol–water partition coefficient (Wildman–Crippen LogP) is 5.51. The van der Waals surface area contributed by atoms with Gasteiger partial charge in [-0.2, -0.15) is 0 Å². The molecular weight excluding hydrogens is 180 g/mol. The van der Waals surface area contributed by atoms with Gasteiger partial charge in [-0.15, -0.1) is 13.2 Å². The molecule has 0 fully saturated rings. The molecule has 0 heterocycles. The van der Waals surface area contributed by atoms with Crippen LogP contribution < -0.4 is 0 Å². The van der Waals surface area contributed by atoms with Gasteiger partial charge >= 0.3 is 0 Å². The van der Waals surface area contributed by atoms with E-state index >= 15 is 0 Å². The molecule has 0 saturated carbocycles. The highest BCUT2D eigenvalue weighted by Gasteiger charge is 2.02. The van der Waals surface area contributed by atoms with Crippen LogP contribution in [0.2, 0.25) is 0 Å². The average molecular weight is 208 g/mol. The fraction of sp³-hybridized carbons (Fsp3) is 0.733. The minimum Gasteiger partial charge on any atom is -0.103 e. The van der Waals surface area contributed by atoms with Crippen LogP contribution in [0.5, 0.6) is 0 Å². The van der Waals surface area contributed by atoms with Crippen LogP contribution in [-0.4, -0.2) is 0 Å². The second-order valence-electron chi connectivity index (χ2n) is 4.43. The highest BCUT2D eigenvalue weighted by atomic mass is 14.1. The molecule has 0 aromatic rings. The Bertz CT molecular complexity index is 146. The first kappa shape index (κ1) is 14.5. The highest BCUT2D eigenvalue weighted by Crippen LogP contribution is 2.18. The summed E-state index contributed by atoms with van der Waals surface area (Å²) in [6.45, 7) is 9.85. The molecule has 0 rings (SSSR count). The molecule has 0 aliphatic carbocycles. The molecule has 0 aliphatic heterocycles. The van der Waals surface area contributed by atoms with Gasteiger partial charge < -0.3 is 0 Å². The van der Waals surface area contributed by atoms with E-state index in [1.165, 1.54) is 57.8 Å². The summed E-state index contributed by atoms with van der Waals surface area (Å²) in [4.78, 5) is 0. The van der Waals surface area contributed by atoms with Crippen molar-refractivity contribution in [1.29, 1.82) is 0 Å². The number of unbranched alkanes of at least 4 members (excludes halogenated alkanes) is 5. The summed E-state index contributed by atoms with van der Waals surface area (Å²) in [7, 11) is 0. The van der Waals surface area contributed by atoms with Crippen LogP contribution >= 0.6 is 0 Å². The molecule has 0 spiro atoms. The van der Waals surface area contributed by atoms with Crippen molar-refractivity contribution in [2.75, 3.05) is 0 Å². The maximum Gasteiger partial charge on any atom is -0.0325 e. The molecule has 88 valence electrons. The van der Waals surface area contributed by atoms with E-state index in [-0.39, 0.29) is 0 Å². The van der Waals surface area contributed by atoms with Gasteiger partial charge in [0.05, 0.1) is 0 Å². The monoisotopic (exact) mass is 208 g/mol. The Morgan fingerprint density at radius 2 is 1.60 bits per heavy atom. The zero-order chi connectivity index (χ0) is 11.4. The number of allylic oxidation sites excluding steroid dienone is 2. The van der Waals surface area contributed by atoms with Gasteiger partial charge in [0.25, 0.3) is 0 Å². The standard InChI is InChI=1S/C15H28/c1-4-7-8-9-10-11-12-14-15(6-3)13-5-2/h4-5,15H,1-2,6-14H2,3H3. The molecule has 0 N–H and O–H groups in total. The maximum absolute atomic E-state index is 3.82. The molecule has 0 aromatic carbocycles.